The monoisotopic (exact) mass is 211 g/mol. The number of amides is 1. The van der Waals surface area contributed by atoms with E-state index in [-0.39, 0.29) is 11.8 Å². The van der Waals surface area contributed by atoms with Crippen molar-refractivity contribution in [2.75, 3.05) is 13.1 Å². The molecule has 86 valence electrons. The smallest absolute Gasteiger partial charge is 0.220 e. The van der Waals surface area contributed by atoms with Crippen molar-refractivity contribution < 1.29 is 4.79 Å². The van der Waals surface area contributed by atoms with Gasteiger partial charge in [0, 0.05) is 13.0 Å². The van der Waals surface area contributed by atoms with E-state index in [2.05, 4.69) is 11.4 Å². The van der Waals surface area contributed by atoms with Crippen molar-refractivity contribution in [3.05, 3.63) is 0 Å². The van der Waals surface area contributed by atoms with E-state index in [0.29, 0.717) is 19.5 Å². The molecule has 0 heterocycles. The van der Waals surface area contributed by atoms with Gasteiger partial charge >= 0.3 is 0 Å². The van der Waals surface area contributed by atoms with E-state index in [9.17, 15) is 4.79 Å². The number of carbonyl (C=O) groups is 1. The Kier molecular flexibility index (Phi) is 5.95. The normalized spacial score (nSPS) is 13.0. The van der Waals surface area contributed by atoms with Gasteiger partial charge in [-0.3, -0.25) is 4.79 Å². The molecule has 0 aliphatic heterocycles. The van der Waals surface area contributed by atoms with Gasteiger partial charge in [-0.25, -0.2) is 0 Å². The molecule has 0 aromatic carbocycles. The molecular formula is C11H21N3O. The van der Waals surface area contributed by atoms with Gasteiger partial charge in [-0.15, -0.1) is 0 Å². The maximum Gasteiger partial charge on any atom is 0.220 e. The van der Waals surface area contributed by atoms with E-state index in [1.54, 1.807) is 13.8 Å². The van der Waals surface area contributed by atoms with Crippen molar-refractivity contribution in [3.8, 4) is 6.07 Å². The van der Waals surface area contributed by atoms with Crippen LogP contribution >= 0.6 is 0 Å². The van der Waals surface area contributed by atoms with Gasteiger partial charge in [0.05, 0.1) is 11.5 Å². The number of rotatable bonds is 6. The predicted molar refractivity (Wildman–Crippen MR) is 59.9 cm³/mol. The average Bonchev–Trinajstić information content (AvgIpc) is 2.23. The summed E-state index contributed by atoms with van der Waals surface area (Å²) in [5.74, 6) is 0.228. The average molecular weight is 211 g/mol. The van der Waals surface area contributed by atoms with E-state index in [1.165, 1.54) is 0 Å². The molecule has 0 rings (SSSR count). The summed E-state index contributed by atoms with van der Waals surface area (Å²) < 4.78 is 0. The number of nitrogens with zero attached hydrogens (tertiary/aromatic N) is 1. The maximum atomic E-state index is 11.5. The third kappa shape index (κ3) is 6.08. The van der Waals surface area contributed by atoms with E-state index < -0.39 is 5.41 Å². The Morgan fingerprint density at radius 3 is 2.60 bits per heavy atom. The van der Waals surface area contributed by atoms with Gasteiger partial charge in [-0.05, 0) is 26.3 Å². The molecule has 0 bridgehead atoms. The number of nitriles is 1. The fraction of sp³-hybridized carbons (Fsp3) is 0.818. The number of nitrogens with two attached hydrogens (primary N) is 1. The Morgan fingerprint density at radius 2 is 2.20 bits per heavy atom. The molecule has 1 atom stereocenters. The summed E-state index contributed by atoms with van der Waals surface area (Å²) in [6.07, 6.45) is 1.36. The number of hydrogen-bond donors (Lipinski definition) is 2. The highest BCUT2D eigenvalue weighted by atomic mass is 16.1. The molecular weight excluding hydrogens is 190 g/mol. The van der Waals surface area contributed by atoms with Crippen molar-refractivity contribution >= 4 is 5.91 Å². The molecule has 0 saturated heterocycles. The summed E-state index contributed by atoms with van der Waals surface area (Å²) in [4.78, 5) is 11.5. The zero-order valence-corrected chi connectivity index (χ0v) is 9.84. The van der Waals surface area contributed by atoms with Crippen molar-refractivity contribution in [1.82, 2.24) is 5.32 Å². The molecule has 0 spiro atoms. The quantitative estimate of drug-likeness (QED) is 0.688. The number of hydrogen-bond acceptors (Lipinski definition) is 3. The molecule has 0 aromatic rings. The van der Waals surface area contributed by atoms with Crippen LogP contribution in [0, 0.1) is 22.7 Å². The third-order valence-corrected chi connectivity index (χ3v) is 2.41. The highest BCUT2D eigenvalue weighted by Gasteiger charge is 2.18. The van der Waals surface area contributed by atoms with Crippen molar-refractivity contribution in [3.63, 3.8) is 0 Å². The topological polar surface area (TPSA) is 78.9 Å². The first-order chi connectivity index (χ1) is 6.95. The van der Waals surface area contributed by atoms with Crippen LogP contribution in [0.15, 0.2) is 0 Å². The Morgan fingerprint density at radius 1 is 1.60 bits per heavy atom. The SMILES string of the molecule is CCC(CN)CC(=O)NCC(C)(C)C#N. The summed E-state index contributed by atoms with van der Waals surface area (Å²) in [5.41, 5.74) is 5.01. The largest absolute Gasteiger partial charge is 0.355 e. The molecule has 4 heteroatoms. The Balaban J connectivity index is 3.91. The van der Waals surface area contributed by atoms with Crippen LogP contribution in [0.1, 0.15) is 33.6 Å². The first-order valence-corrected chi connectivity index (χ1v) is 5.33. The van der Waals surface area contributed by atoms with Crippen LogP contribution in [0.4, 0.5) is 0 Å². The summed E-state index contributed by atoms with van der Waals surface area (Å²) in [7, 11) is 0. The molecule has 4 nitrogen and oxygen atoms in total. The van der Waals surface area contributed by atoms with Gasteiger partial charge in [-0.2, -0.15) is 5.26 Å². The first-order valence-electron chi connectivity index (χ1n) is 5.33. The third-order valence-electron chi connectivity index (χ3n) is 2.41. The number of nitrogens with one attached hydrogen (secondary N) is 1. The molecule has 0 radical (unpaired) electrons. The molecule has 0 saturated carbocycles. The molecule has 0 aliphatic carbocycles. The molecule has 1 amide bonds. The molecule has 0 aromatic heterocycles. The van der Waals surface area contributed by atoms with Crippen LogP contribution in [0.25, 0.3) is 0 Å². The van der Waals surface area contributed by atoms with Gasteiger partial charge in [0.15, 0.2) is 0 Å². The molecule has 3 N–H and O–H groups in total. The first kappa shape index (κ1) is 13.9. The van der Waals surface area contributed by atoms with Crippen LogP contribution in [-0.4, -0.2) is 19.0 Å². The molecule has 1 unspecified atom stereocenters. The van der Waals surface area contributed by atoms with Gasteiger partial charge in [0.1, 0.15) is 0 Å². The van der Waals surface area contributed by atoms with Gasteiger partial charge in [0.25, 0.3) is 0 Å². The number of carbonyl (C=O) groups excluding carboxylic acids is 1. The fourth-order valence-electron chi connectivity index (χ4n) is 1.09. The lowest BCUT2D eigenvalue weighted by Gasteiger charge is -2.17. The lowest BCUT2D eigenvalue weighted by molar-refractivity contribution is -0.122. The highest BCUT2D eigenvalue weighted by Crippen LogP contribution is 2.11. The zero-order chi connectivity index (χ0) is 11.9. The van der Waals surface area contributed by atoms with Crippen molar-refractivity contribution in [2.45, 2.75) is 33.6 Å². The second-order valence-electron chi connectivity index (χ2n) is 4.49. The summed E-state index contributed by atoms with van der Waals surface area (Å²) in [6, 6.07) is 2.14. The van der Waals surface area contributed by atoms with Crippen molar-refractivity contribution in [1.29, 1.82) is 5.26 Å². The van der Waals surface area contributed by atoms with E-state index in [0.717, 1.165) is 6.42 Å². The minimum absolute atomic E-state index is 0.0179. The Labute approximate surface area is 91.8 Å². The van der Waals surface area contributed by atoms with E-state index in [4.69, 9.17) is 11.0 Å². The van der Waals surface area contributed by atoms with Gasteiger partial charge in [-0.1, -0.05) is 13.3 Å². The van der Waals surface area contributed by atoms with Crippen LogP contribution in [0.5, 0.6) is 0 Å². The second kappa shape index (κ2) is 6.41. The minimum Gasteiger partial charge on any atom is -0.355 e. The van der Waals surface area contributed by atoms with Crippen LogP contribution < -0.4 is 11.1 Å². The van der Waals surface area contributed by atoms with Crippen LogP contribution in [-0.2, 0) is 4.79 Å². The standard InChI is InChI=1S/C11H21N3O/c1-4-9(6-12)5-10(15)14-8-11(2,3)7-13/h9H,4-6,8,12H2,1-3H3,(H,14,15). The van der Waals surface area contributed by atoms with Gasteiger partial charge < -0.3 is 11.1 Å². The van der Waals surface area contributed by atoms with E-state index >= 15 is 0 Å². The van der Waals surface area contributed by atoms with Crippen LogP contribution in [0.3, 0.4) is 0 Å². The maximum absolute atomic E-state index is 11.5. The lowest BCUT2D eigenvalue weighted by Crippen LogP contribution is -2.34. The molecule has 0 fully saturated rings. The van der Waals surface area contributed by atoms with Gasteiger partial charge in [0.2, 0.25) is 5.91 Å². The van der Waals surface area contributed by atoms with Crippen LogP contribution in [0.2, 0.25) is 0 Å². The molecule has 0 aliphatic rings. The highest BCUT2D eigenvalue weighted by molar-refractivity contribution is 5.76. The van der Waals surface area contributed by atoms with Crippen molar-refractivity contribution in [2.24, 2.45) is 17.1 Å². The fourth-order valence-corrected chi connectivity index (χ4v) is 1.09. The lowest BCUT2D eigenvalue weighted by atomic mass is 9.95. The van der Waals surface area contributed by atoms with E-state index in [1.807, 2.05) is 6.92 Å². The predicted octanol–water partition coefficient (Wildman–Crippen LogP) is 1.03. The Bertz CT molecular complexity index is 239. The minimum atomic E-state index is -0.500. The summed E-state index contributed by atoms with van der Waals surface area (Å²) in [5, 5.41) is 11.5. The Hall–Kier alpha value is -1.08. The second-order valence-corrected chi connectivity index (χ2v) is 4.49. The summed E-state index contributed by atoms with van der Waals surface area (Å²) >= 11 is 0. The summed E-state index contributed by atoms with van der Waals surface area (Å²) in [6.45, 7) is 6.54. The zero-order valence-electron chi connectivity index (χ0n) is 9.84. The molecule has 15 heavy (non-hydrogen) atoms.